The van der Waals surface area contributed by atoms with E-state index in [-0.39, 0.29) is 25.1 Å². The van der Waals surface area contributed by atoms with Gasteiger partial charge < -0.3 is 4.74 Å². The zero-order valence-corrected chi connectivity index (χ0v) is 12.0. The van der Waals surface area contributed by atoms with E-state index in [2.05, 4.69) is 9.56 Å². The number of esters is 1. The Morgan fingerprint density at radius 1 is 1.44 bits per heavy atom. The summed E-state index contributed by atoms with van der Waals surface area (Å²) < 4.78 is 19.1. The van der Waals surface area contributed by atoms with E-state index < -0.39 is 13.7 Å². The highest BCUT2D eigenvalue weighted by Gasteiger charge is 2.35. The Labute approximate surface area is 108 Å². The Morgan fingerprint density at radius 2 is 2.06 bits per heavy atom. The molecule has 104 valence electrons. The average molecular weight is 279 g/mol. The third kappa shape index (κ3) is 5.69. The molecule has 18 heavy (non-hydrogen) atoms. The molecule has 0 aromatic carbocycles. The molecule has 0 amide bonds. The van der Waals surface area contributed by atoms with Crippen LogP contribution in [0.3, 0.4) is 0 Å². The maximum absolute atomic E-state index is 11.9. The van der Waals surface area contributed by atoms with Crippen LogP contribution in [0, 0.1) is 11.3 Å². The SMILES string of the molecule is CC=CC(C)(C(=O)OCCOO[P+](=O)O)C(C)C. The lowest BCUT2D eigenvalue weighted by Gasteiger charge is -2.27. The Morgan fingerprint density at radius 3 is 2.50 bits per heavy atom. The molecule has 0 bridgehead atoms. The molecule has 0 aliphatic rings. The van der Waals surface area contributed by atoms with Gasteiger partial charge in [-0.05, 0) is 19.8 Å². The summed E-state index contributed by atoms with van der Waals surface area (Å²) >= 11 is 0. The van der Waals surface area contributed by atoms with Crippen LogP contribution in [-0.4, -0.2) is 24.1 Å². The summed E-state index contributed by atoms with van der Waals surface area (Å²) in [6.45, 7) is 7.35. The third-order valence-corrected chi connectivity index (χ3v) is 2.90. The smallest absolute Gasteiger partial charge is 0.462 e. The fourth-order valence-electron chi connectivity index (χ4n) is 1.25. The second-order valence-corrected chi connectivity index (χ2v) is 4.83. The van der Waals surface area contributed by atoms with Gasteiger partial charge in [0.2, 0.25) is 0 Å². The quantitative estimate of drug-likeness (QED) is 0.183. The highest BCUT2D eigenvalue weighted by Crippen LogP contribution is 2.30. The van der Waals surface area contributed by atoms with Crippen LogP contribution >= 0.6 is 8.25 Å². The first kappa shape index (κ1) is 17.2. The van der Waals surface area contributed by atoms with E-state index >= 15 is 0 Å². The van der Waals surface area contributed by atoms with E-state index in [1.807, 2.05) is 20.8 Å². The van der Waals surface area contributed by atoms with E-state index in [9.17, 15) is 9.36 Å². The summed E-state index contributed by atoms with van der Waals surface area (Å²) in [5, 5.41) is 0. The monoisotopic (exact) mass is 279 g/mol. The molecule has 0 heterocycles. The van der Waals surface area contributed by atoms with Crippen molar-refractivity contribution in [2.24, 2.45) is 11.3 Å². The van der Waals surface area contributed by atoms with Crippen molar-refractivity contribution in [2.45, 2.75) is 27.7 Å². The number of carbonyl (C=O) groups is 1. The topological polar surface area (TPSA) is 82.1 Å². The zero-order valence-electron chi connectivity index (χ0n) is 11.1. The summed E-state index contributed by atoms with van der Waals surface area (Å²) in [5.41, 5.74) is -0.697. The minimum absolute atomic E-state index is 0.0398. The van der Waals surface area contributed by atoms with Gasteiger partial charge >= 0.3 is 14.2 Å². The molecule has 0 aromatic heterocycles. The number of rotatable bonds is 8. The lowest BCUT2D eigenvalue weighted by atomic mass is 9.79. The number of ether oxygens (including phenoxy) is 1. The molecule has 2 atom stereocenters. The van der Waals surface area contributed by atoms with Crippen molar-refractivity contribution in [3.05, 3.63) is 12.2 Å². The lowest BCUT2D eigenvalue weighted by molar-refractivity contribution is -0.217. The Balaban J connectivity index is 4.17. The normalized spacial score (nSPS) is 15.8. The van der Waals surface area contributed by atoms with Gasteiger partial charge in [0.25, 0.3) is 0 Å². The minimum atomic E-state index is -2.79. The van der Waals surface area contributed by atoms with Gasteiger partial charge in [-0.15, -0.1) is 4.89 Å². The standard InChI is InChI=1S/C11H19O6P/c1-5-6-11(4,9(2)3)10(12)15-7-8-16-17-18(13)14/h5-6,9H,7-8H2,1-4H3/p+1. The summed E-state index contributed by atoms with van der Waals surface area (Å²) in [5.74, 6) is -0.280. The molecule has 0 rings (SSSR count). The van der Waals surface area contributed by atoms with Gasteiger partial charge in [-0.3, -0.25) is 4.79 Å². The molecule has 0 aliphatic heterocycles. The maximum atomic E-state index is 11.9. The summed E-state index contributed by atoms with van der Waals surface area (Å²) in [6.07, 6.45) is 3.60. The number of hydrogen-bond donors (Lipinski definition) is 1. The van der Waals surface area contributed by atoms with Crippen molar-refractivity contribution in [1.82, 2.24) is 0 Å². The number of allylic oxidation sites excluding steroid dienone is 1. The lowest BCUT2D eigenvalue weighted by Crippen LogP contribution is -2.33. The molecule has 7 heteroatoms. The first-order chi connectivity index (χ1) is 8.34. The molecule has 0 aromatic rings. The van der Waals surface area contributed by atoms with E-state index in [4.69, 9.17) is 9.63 Å². The molecule has 6 nitrogen and oxygen atoms in total. The summed E-state index contributed by atoms with van der Waals surface area (Å²) in [7, 11) is -2.79. The summed E-state index contributed by atoms with van der Waals surface area (Å²) in [6, 6.07) is 0. The van der Waals surface area contributed by atoms with Crippen LogP contribution < -0.4 is 0 Å². The molecular formula is C11H20O6P+. The van der Waals surface area contributed by atoms with Gasteiger partial charge in [0.05, 0.1) is 10.1 Å². The predicted molar refractivity (Wildman–Crippen MR) is 65.6 cm³/mol. The van der Waals surface area contributed by atoms with Crippen LogP contribution in [0.2, 0.25) is 0 Å². The van der Waals surface area contributed by atoms with Crippen molar-refractivity contribution in [2.75, 3.05) is 13.2 Å². The average Bonchev–Trinajstić information content (AvgIpc) is 2.27. The highest BCUT2D eigenvalue weighted by atomic mass is 31.1. The molecule has 1 N–H and O–H groups in total. The maximum Gasteiger partial charge on any atom is 0.725 e. The molecule has 0 fully saturated rings. The van der Waals surface area contributed by atoms with Gasteiger partial charge in [0.1, 0.15) is 13.2 Å². The van der Waals surface area contributed by atoms with Gasteiger partial charge in [-0.1, -0.05) is 26.0 Å². The highest BCUT2D eigenvalue weighted by molar-refractivity contribution is 7.31. The fraction of sp³-hybridized carbons (Fsp3) is 0.727. The Hall–Kier alpha value is -0.810. The fourth-order valence-corrected chi connectivity index (χ4v) is 1.41. The third-order valence-electron chi connectivity index (χ3n) is 2.67. The van der Waals surface area contributed by atoms with Gasteiger partial charge in [-0.2, -0.15) is 4.89 Å². The van der Waals surface area contributed by atoms with Gasteiger partial charge in [0.15, 0.2) is 0 Å². The van der Waals surface area contributed by atoms with Crippen LogP contribution in [0.5, 0.6) is 0 Å². The van der Waals surface area contributed by atoms with Gasteiger partial charge in [-0.25, -0.2) is 0 Å². The Bertz CT molecular complexity index is 315. The second-order valence-electron chi connectivity index (χ2n) is 4.21. The Kier molecular flexibility index (Phi) is 7.95. The van der Waals surface area contributed by atoms with E-state index in [1.165, 1.54) is 0 Å². The predicted octanol–water partition coefficient (Wildman–Crippen LogP) is 2.37. The molecule has 0 aliphatic carbocycles. The molecule has 2 unspecified atom stereocenters. The first-order valence-corrected chi connectivity index (χ1v) is 6.74. The van der Waals surface area contributed by atoms with E-state index in [0.717, 1.165) is 0 Å². The molecule has 0 saturated carbocycles. The molecule has 0 spiro atoms. The van der Waals surface area contributed by atoms with E-state index in [1.54, 1.807) is 19.1 Å². The van der Waals surface area contributed by atoms with Crippen LogP contribution in [0.4, 0.5) is 0 Å². The molecule has 0 saturated heterocycles. The second kappa shape index (κ2) is 8.32. The number of hydrogen-bond acceptors (Lipinski definition) is 5. The largest absolute Gasteiger partial charge is 0.725 e. The van der Waals surface area contributed by atoms with Crippen molar-refractivity contribution >= 4 is 14.2 Å². The van der Waals surface area contributed by atoms with Crippen LogP contribution in [0.25, 0.3) is 0 Å². The molecular weight excluding hydrogens is 259 g/mol. The molecule has 0 radical (unpaired) electrons. The van der Waals surface area contributed by atoms with E-state index in [0.29, 0.717) is 0 Å². The van der Waals surface area contributed by atoms with Crippen LogP contribution in [0.1, 0.15) is 27.7 Å². The van der Waals surface area contributed by atoms with Crippen molar-refractivity contribution in [3.8, 4) is 0 Å². The van der Waals surface area contributed by atoms with Crippen molar-refractivity contribution in [1.29, 1.82) is 0 Å². The van der Waals surface area contributed by atoms with Crippen molar-refractivity contribution < 1.29 is 28.6 Å². The minimum Gasteiger partial charge on any atom is -0.462 e. The first-order valence-electron chi connectivity index (χ1n) is 5.61. The van der Waals surface area contributed by atoms with Crippen LogP contribution in [0.15, 0.2) is 12.2 Å². The van der Waals surface area contributed by atoms with Gasteiger partial charge in [0, 0.05) is 4.57 Å². The summed E-state index contributed by atoms with van der Waals surface area (Å²) in [4.78, 5) is 24.5. The van der Waals surface area contributed by atoms with Crippen molar-refractivity contribution in [3.63, 3.8) is 0 Å². The number of carbonyl (C=O) groups excluding carboxylic acids is 1. The van der Waals surface area contributed by atoms with Crippen LogP contribution in [-0.2, 0) is 23.7 Å². The zero-order chi connectivity index (χ0) is 14.2.